The summed E-state index contributed by atoms with van der Waals surface area (Å²) in [5.74, 6) is -0.378. The van der Waals surface area contributed by atoms with E-state index in [-0.39, 0.29) is 0 Å². The zero-order valence-electron chi connectivity index (χ0n) is 12.6. The Morgan fingerprint density at radius 3 is 2.32 bits per heavy atom. The second-order valence-corrected chi connectivity index (χ2v) is 5.43. The van der Waals surface area contributed by atoms with Crippen molar-refractivity contribution in [2.45, 2.75) is 57.2 Å². The van der Waals surface area contributed by atoms with E-state index in [1.807, 2.05) is 7.05 Å². The molecule has 2 N–H and O–H groups in total. The smallest absolute Gasteiger partial charge is 0.475 e. The lowest BCUT2D eigenvalue weighted by Crippen LogP contribution is -2.21. The van der Waals surface area contributed by atoms with Gasteiger partial charge in [0.05, 0.1) is 0 Å². The van der Waals surface area contributed by atoms with Gasteiger partial charge in [0.2, 0.25) is 11.8 Å². The van der Waals surface area contributed by atoms with Crippen LogP contribution in [-0.4, -0.2) is 40.5 Å². The Balaban J connectivity index is 0.000000295. The van der Waals surface area contributed by atoms with Crippen LogP contribution in [0.25, 0.3) is 0 Å². The lowest BCUT2D eigenvalue weighted by Gasteiger charge is -2.06. The molecule has 6 nitrogen and oxygen atoms in total. The molecule has 9 heteroatoms. The minimum atomic E-state index is -5.08. The highest BCUT2D eigenvalue weighted by Gasteiger charge is 2.38. The molecule has 1 aromatic rings. The van der Waals surface area contributed by atoms with Gasteiger partial charge in [0.25, 0.3) is 0 Å². The number of carbonyl (C=O) groups is 1. The minimum absolute atomic E-state index is 0.327. The number of aliphatic carboxylic acids is 1. The number of aromatic nitrogens is 2. The lowest BCUT2D eigenvalue weighted by atomic mass is 10.1. The fraction of sp³-hybridized carbons (Fsp3) is 0.769. The van der Waals surface area contributed by atoms with Crippen molar-refractivity contribution in [1.82, 2.24) is 15.5 Å². The first-order valence-electron chi connectivity index (χ1n) is 6.95. The maximum Gasteiger partial charge on any atom is 0.490 e. The van der Waals surface area contributed by atoms with Crippen molar-refractivity contribution >= 4 is 5.97 Å². The monoisotopic (exact) mass is 323 g/mol. The van der Waals surface area contributed by atoms with Crippen LogP contribution in [0.15, 0.2) is 4.42 Å². The zero-order valence-corrected chi connectivity index (χ0v) is 12.6. The molecule has 0 amide bonds. The molecule has 1 fully saturated rings. The second-order valence-electron chi connectivity index (χ2n) is 5.43. The number of halogens is 3. The molecule has 126 valence electrons. The second kappa shape index (κ2) is 7.57. The van der Waals surface area contributed by atoms with E-state index in [4.69, 9.17) is 14.3 Å². The predicted octanol–water partition coefficient (Wildman–Crippen LogP) is 2.68. The number of carboxylic acid groups (broad SMARTS) is 1. The molecule has 1 saturated carbocycles. The predicted molar refractivity (Wildman–Crippen MR) is 71.5 cm³/mol. The van der Waals surface area contributed by atoms with E-state index < -0.39 is 12.1 Å². The molecular weight excluding hydrogens is 303 g/mol. The lowest BCUT2D eigenvalue weighted by molar-refractivity contribution is -0.192. The van der Waals surface area contributed by atoms with Gasteiger partial charge in [-0.25, -0.2) is 4.79 Å². The van der Waals surface area contributed by atoms with Crippen LogP contribution < -0.4 is 5.32 Å². The maximum atomic E-state index is 10.6. The van der Waals surface area contributed by atoms with Gasteiger partial charge in [-0.05, 0) is 26.3 Å². The van der Waals surface area contributed by atoms with Gasteiger partial charge in [-0.2, -0.15) is 13.2 Å². The largest absolute Gasteiger partial charge is 0.490 e. The van der Waals surface area contributed by atoms with Gasteiger partial charge < -0.3 is 14.8 Å². The Labute approximate surface area is 126 Å². The first-order valence-corrected chi connectivity index (χ1v) is 6.95. The molecule has 1 aliphatic carbocycles. The molecule has 2 atom stereocenters. The number of rotatable bonds is 3. The Hall–Kier alpha value is -1.64. The number of hydrogen-bond donors (Lipinski definition) is 2. The molecule has 2 rings (SSSR count). The van der Waals surface area contributed by atoms with Crippen molar-refractivity contribution in [3.8, 4) is 0 Å². The Morgan fingerprint density at radius 2 is 1.95 bits per heavy atom. The van der Waals surface area contributed by atoms with E-state index in [0.29, 0.717) is 17.9 Å². The summed E-state index contributed by atoms with van der Waals surface area (Å²) in [6.07, 6.45) is -1.60. The number of hydrogen-bond acceptors (Lipinski definition) is 5. The van der Waals surface area contributed by atoms with Crippen molar-refractivity contribution in [2.75, 3.05) is 7.05 Å². The first kappa shape index (κ1) is 18.4. The summed E-state index contributed by atoms with van der Waals surface area (Å²) in [4.78, 5) is 8.90. The molecular formula is C13H20F3N3O3. The Morgan fingerprint density at radius 1 is 1.36 bits per heavy atom. The fourth-order valence-electron chi connectivity index (χ4n) is 2.11. The number of carboxylic acids is 1. The van der Waals surface area contributed by atoms with Gasteiger partial charge in [0, 0.05) is 17.9 Å². The molecule has 1 heterocycles. The average molecular weight is 323 g/mol. The quantitative estimate of drug-likeness (QED) is 0.889. The first-order chi connectivity index (χ1) is 10.1. The summed E-state index contributed by atoms with van der Waals surface area (Å²) in [6, 6.07) is 0.615. The van der Waals surface area contributed by atoms with Crippen LogP contribution in [0.2, 0.25) is 0 Å². The summed E-state index contributed by atoms with van der Waals surface area (Å²) >= 11 is 0. The SMILES string of the molecule is CN[C@@H]1CC[C@H](c2nnc(C(C)C)o2)C1.O=C(O)C(F)(F)F. The van der Waals surface area contributed by atoms with Crippen molar-refractivity contribution in [3.63, 3.8) is 0 Å². The standard InChI is InChI=1S/C11H19N3O.C2HF3O2/c1-7(2)10-13-14-11(15-10)8-4-5-9(6-8)12-3;3-2(4,5)1(6)7/h7-9,12H,4-6H2,1-3H3;(H,6,7)/t8-,9+;/m0./s1. The Bertz CT molecular complexity index is 488. The van der Waals surface area contributed by atoms with Crippen LogP contribution in [0.3, 0.4) is 0 Å². The van der Waals surface area contributed by atoms with Crippen molar-refractivity contribution in [3.05, 3.63) is 11.8 Å². The molecule has 0 aliphatic heterocycles. The van der Waals surface area contributed by atoms with Gasteiger partial charge >= 0.3 is 12.1 Å². The van der Waals surface area contributed by atoms with Crippen LogP contribution in [-0.2, 0) is 4.79 Å². The van der Waals surface area contributed by atoms with E-state index in [9.17, 15) is 13.2 Å². The summed E-state index contributed by atoms with van der Waals surface area (Å²) in [5, 5.41) is 18.6. The number of nitrogens with zero attached hydrogens (tertiary/aromatic N) is 2. The molecule has 1 aliphatic rings. The van der Waals surface area contributed by atoms with Crippen LogP contribution in [0.1, 0.15) is 56.7 Å². The third-order valence-corrected chi connectivity index (χ3v) is 3.38. The molecule has 0 spiro atoms. The highest BCUT2D eigenvalue weighted by molar-refractivity contribution is 5.73. The van der Waals surface area contributed by atoms with Gasteiger partial charge in [-0.15, -0.1) is 10.2 Å². The van der Waals surface area contributed by atoms with Gasteiger partial charge in [-0.3, -0.25) is 0 Å². The third-order valence-electron chi connectivity index (χ3n) is 3.38. The van der Waals surface area contributed by atoms with Crippen molar-refractivity contribution in [2.24, 2.45) is 0 Å². The van der Waals surface area contributed by atoms with E-state index in [2.05, 4.69) is 29.4 Å². The fourth-order valence-corrected chi connectivity index (χ4v) is 2.11. The molecule has 0 radical (unpaired) electrons. The van der Waals surface area contributed by atoms with Gasteiger partial charge in [-0.1, -0.05) is 13.8 Å². The average Bonchev–Trinajstić information content (AvgIpc) is 3.07. The van der Waals surface area contributed by atoms with Crippen LogP contribution in [0.4, 0.5) is 13.2 Å². The van der Waals surface area contributed by atoms with E-state index in [0.717, 1.165) is 24.6 Å². The van der Waals surface area contributed by atoms with Gasteiger partial charge in [0.15, 0.2) is 0 Å². The van der Waals surface area contributed by atoms with Crippen molar-refractivity contribution in [1.29, 1.82) is 0 Å². The van der Waals surface area contributed by atoms with Crippen LogP contribution in [0.5, 0.6) is 0 Å². The summed E-state index contributed by atoms with van der Waals surface area (Å²) in [7, 11) is 2.01. The van der Waals surface area contributed by atoms with E-state index >= 15 is 0 Å². The van der Waals surface area contributed by atoms with E-state index in [1.165, 1.54) is 6.42 Å². The molecule has 1 aromatic heterocycles. The van der Waals surface area contributed by atoms with Crippen LogP contribution >= 0.6 is 0 Å². The summed E-state index contributed by atoms with van der Waals surface area (Å²) in [6.45, 7) is 4.14. The third kappa shape index (κ3) is 5.28. The highest BCUT2D eigenvalue weighted by Crippen LogP contribution is 2.34. The van der Waals surface area contributed by atoms with Crippen molar-refractivity contribution < 1.29 is 27.5 Å². The number of nitrogens with one attached hydrogen (secondary N) is 1. The highest BCUT2D eigenvalue weighted by atomic mass is 19.4. The molecule has 0 saturated heterocycles. The maximum absolute atomic E-state index is 10.6. The Kier molecular flexibility index (Phi) is 6.34. The normalized spacial score (nSPS) is 21.6. The summed E-state index contributed by atoms with van der Waals surface area (Å²) < 4.78 is 37.4. The van der Waals surface area contributed by atoms with Gasteiger partial charge in [0.1, 0.15) is 0 Å². The molecule has 0 aromatic carbocycles. The topological polar surface area (TPSA) is 88.3 Å². The molecule has 22 heavy (non-hydrogen) atoms. The minimum Gasteiger partial charge on any atom is -0.475 e. The zero-order chi connectivity index (χ0) is 16.9. The number of alkyl halides is 3. The van der Waals surface area contributed by atoms with E-state index in [1.54, 1.807) is 0 Å². The summed E-state index contributed by atoms with van der Waals surface area (Å²) in [5.41, 5.74) is 0. The molecule has 0 unspecified atom stereocenters. The molecule has 0 bridgehead atoms. The van der Waals surface area contributed by atoms with Crippen LogP contribution in [0, 0.1) is 0 Å².